The number of piperazine rings is 1. The van der Waals surface area contributed by atoms with Crippen molar-refractivity contribution in [2.24, 2.45) is 0 Å². The minimum Gasteiger partial charge on any atom is -0.483 e. The summed E-state index contributed by atoms with van der Waals surface area (Å²) in [4.78, 5) is 72.6. The molecule has 2 aromatic rings. The molecule has 2 aliphatic rings. The molecular formula is C33H46N6O8. The summed E-state index contributed by atoms with van der Waals surface area (Å²) in [5, 5.41) is 6.08. The molecule has 0 spiro atoms. The molecule has 1 atom stereocenters. The number of fused-ring (bicyclic) bond motifs is 1. The van der Waals surface area contributed by atoms with E-state index in [-0.39, 0.29) is 42.8 Å². The summed E-state index contributed by atoms with van der Waals surface area (Å²) < 4.78 is 16.5. The molecule has 0 saturated carbocycles. The van der Waals surface area contributed by atoms with Gasteiger partial charge in [-0.15, -0.1) is 0 Å². The molecule has 0 bridgehead atoms. The van der Waals surface area contributed by atoms with Crippen LogP contribution in [0.15, 0.2) is 24.3 Å². The number of carbonyl (C=O) groups is 5. The van der Waals surface area contributed by atoms with Gasteiger partial charge in [-0.05, 0) is 58.2 Å². The maximum atomic E-state index is 13.1. The quantitative estimate of drug-likeness (QED) is 0.367. The van der Waals surface area contributed by atoms with E-state index in [2.05, 4.69) is 15.6 Å². The molecule has 47 heavy (non-hydrogen) atoms. The zero-order chi connectivity index (χ0) is 34.1. The molecule has 2 saturated heterocycles. The Balaban J connectivity index is 1.32. The van der Waals surface area contributed by atoms with Crippen LogP contribution in [-0.2, 0) is 19.1 Å². The first-order valence-corrected chi connectivity index (χ1v) is 16.1. The molecule has 0 unspecified atom stereocenters. The maximum Gasteiger partial charge on any atom is 0.409 e. The molecule has 2 aliphatic heterocycles. The summed E-state index contributed by atoms with van der Waals surface area (Å²) in [6, 6.07) is 6.75. The molecule has 2 N–H and O–H groups in total. The number of likely N-dealkylation sites (tertiary alicyclic amines) is 1. The van der Waals surface area contributed by atoms with Crippen LogP contribution < -0.4 is 15.4 Å². The third-order valence-electron chi connectivity index (χ3n) is 7.79. The highest BCUT2D eigenvalue weighted by Gasteiger charge is 2.30. The second-order valence-corrected chi connectivity index (χ2v) is 12.8. The molecule has 1 aromatic carbocycles. The Labute approximate surface area is 275 Å². The minimum absolute atomic E-state index is 0.0424. The van der Waals surface area contributed by atoms with Crippen molar-refractivity contribution in [3.63, 3.8) is 0 Å². The summed E-state index contributed by atoms with van der Waals surface area (Å²) in [6.07, 6.45) is 1.42. The van der Waals surface area contributed by atoms with Gasteiger partial charge in [-0.1, -0.05) is 19.4 Å². The molecule has 0 radical (unpaired) electrons. The lowest BCUT2D eigenvalue weighted by atomic mass is 10.1. The van der Waals surface area contributed by atoms with Crippen LogP contribution in [0, 0.1) is 6.92 Å². The van der Waals surface area contributed by atoms with Crippen LogP contribution in [0.4, 0.5) is 9.59 Å². The lowest BCUT2D eigenvalue weighted by Crippen LogP contribution is -2.52. The van der Waals surface area contributed by atoms with Crippen molar-refractivity contribution in [3.8, 4) is 5.75 Å². The number of carbonyl (C=O) groups excluding carboxylic acids is 5. The van der Waals surface area contributed by atoms with Gasteiger partial charge >= 0.3 is 12.2 Å². The molecule has 256 valence electrons. The summed E-state index contributed by atoms with van der Waals surface area (Å²) in [5.41, 5.74) is 0.857. The Morgan fingerprint density at radius 1 is 0.957 bits per heavy atom. The molecule has 5 amide bonds. The number of nitrogens with one attached hydrogen (secondary N) is 2. The van der Waals surface area contributed by atoms with E-state index in [1.807, 2.05) is 32.0 Å². The van der Waals surface area contributed by atoms with Crippen LogP contribution in [0.25, 0.3) is 10.9 Å². The first-order valence-electron chi connectivity index (χ1n) is 16.1. The summed E-state index contributed by atoms with van der Waals surface area (Å²) >= 11 is 0. The standard InChI is InChI=1S/C33H46N6O8/c1-6-7-16-45-32(44)38-14-12-37(13-15-38)28(40)19-34-30(42)26-18-27(24-9-8-22(2)17-25(24)36-26)46-21-29(41)39-11-10-23(20-39)35-31(43)47-33(3,4)5/h8-9,17-18,23H,6-7,10-16,19-21H2,1-5H3,(H,34,42)(H,35,43)/t23-/m0/s1. The van der Waals surface area contributed by atoms with Crippen molar-refractivity contribution in [1.29, 1.82) is 0 Å². The number of pyridine rings is 1. The van der Waals surface area contributed by atoms with Gasteiger partial charge in [-0.25, -0.2) is 14.6 Å². The zero-order valence-electron chi connectivity index (χ0n) is 27.9. The average Bonchev–Trinajstić information content (AvgIpc) is 3.49. The van der Waals surface area contributed by atoms with Gasteiger partial charge < -0.3 is 39.5 Å². The molecule has 3 heterocycles. The van der Waals surface area contributed by atoms with E-state index in [9.17, 15) is 24.0 Å². The van der Waals surface area contributed by atoms with Gasteiger partial charge in [-0.2, -0.15) is 0 Å². The Morgan fingerprint density at radius 2 is 1.68 bits per heavy atom. The van der Waals surface area contributed by atoms with Crippen molar-refractivity contribution >= 4 is 40.8 Å². The molecule has 1 aromatic heterocycles. The molecule has 0 aliphatic carbocycles. The van der Waals surface area contributed by atoms with E-state index in [4.69, 9.17) is 14.2 Å². The fraction of sp³-hybridized carbons (Fsp3) is 0.576. The topological polar surface area (TPSA) is 160 Å². The minimum atomic E-state index is -0.620. The maximum absolute atomic E-state index is 13.1. The van der Waals surface area contributed by atoms with E-state index < -0.39 is 17.6 Å². The van der Waals surface area contributed by atoms with E-state index in [0.717, 1.165) is 18.4 Å². The number of alkyl carbamates (subject to hydrolysis) is 1. The van der Waals surface area contributed by atoms with Gasteiger partial charge in [0.2, 0.25) is 5.91 Å². The monoisotopic (exact) mass is 654 g/mol. The smallest absolute Gasteiger partial charge is 0.409 e. The van der Waals surface area contributed by atoms with Crippen LogP contribution in [-0.4, -0.2) is 120 Å². The largest absolute Gasteiger partial charge is 0.483 e. The number of hydrogen-bond acceptors (Lipinski definition) is 9. The Morgan fingerprint density at radius 3 is 2.38 bits per heavy atom. The number of aryl methyl sites for hydroxylation is 1. The summed E-state index contributed by atoms with van der Waals surface area (Å²) in [6.45, 7) is 11.3. The second kappa shape index (κ2) is 15.8. The second-order valence-electron chi connectivity index (χ2n) is 12.8. The van der Waals surface area contributed by atoms with Gasteiger partial charge in [0.1, 0.15) is 17.0 Å². The zero-order valence-corrected chi connectivity index (χ0v) is 27.9. The van der Waals surface area contributed by atoms with E-state index >= 15 is 0 Å². The number of nitrogens with zero attached hydrogens (tertiary/aromatic N) is 4. The average molecular weight is 655 g/mol. The number of ether oxygens (including phenoxy) is 3. The summed E-state index contributed by atoms with van der Waals surface area (Å²) in [7, 11) is 0. The van der Waals surface area contributed by atoms with Crippen molar-refractivity contribution in [2.75, 3.05) is 59.0 Å². The van der Waals surface area contributed by atoms with Crippen LogP contribution in [0.5, 0.6) is 5.75 Å². The van der Waals surface area contributed by atoms with Crippen LogP contribution in [0.1, 0.15) is 63.0 Å². The fourth-order valence-corrected chi connectivity index (χ4v) is 5.24. The summed E-state index contributed by atoms with van der Waals surface area (Å²) in [5.74, 6) is -0.793. The third kappa shape index (κ3) is 10.2. The van der Waals surface area contributed by atoms with Gasteiger partial charge in [0.15, 0.2) is 6.61 Å². The highest BCUT2D eigenvalue weighted by Crippen LogP contribution is 2.27. The fourth-order valence-electron chi connectivity index (χ4n) is 5.24. The van der Waals surface area contributed by atoms with Crippen LogP contribution in [0.3, 0.4) is 0 Å². The van der Waals surface area contributed by atoms with Crippen molar-refractivity contribution < 1.29 is 38.2 Å². The predicted molar refractivity (Wildman–Crippen MR) is 173 cm³/mol. The lowest BCUT2D eigenvalue weighted by Gasteiger charge is -2.34. The van der Waals surface area contributed by atoms with E-state index in [1.165, 1.54) is 6.07 Å². The number of hydrogen-bond donors (Lipinski definition) is 2. The highest BCUT2D eigenvalue weighted by atomic mass is 16.6. The number of rotatable bonds is 10. The SMILES string of the molecule is CCCCOC(=O)N1CCN(C(=O)CNC(=O)c2cc(OCC(=O)N3CC[C@H](NC(=O)OC(C)(C)C)C3)c3ccc(C)cc3n2)CC1. The highest BCUT2D eigenvalue weighted by molar-refractivity contribution is 5.98. The predicted octanol–water partition coefficient (Wildman–Crippen LogP) is 2.86. The first kappa shape index (κ1) is 35.2. The lowest BCUT2D eigenvalue weighted by molar-refractivity contribution is -0.132. The van der Waals surface area contributed by atoms with Gasteiger partial charge in [-0.3, -0.25) is 14.4 Å². The van der Waals surface area contributed by atoms with E-state index in [1.54, 1.807) is 35.5 Å². The molecule has 14 heteroatoms. The molecule has 2 fully saturated rings. The van der Waals surface area contributed by atoms with Crippen molar-refractivity contribution in [3.05, 3.63) is 35.5 Å². The number of amides is 5. The van der Waals surface area contributed by atoms with Gasteiger partial charge in [0, 0.05) is 50.7 Å². The normalized spacial score (nSPS) is 16.5. The van der Waals surface area contributed by atoms with Crippen LogP contribution in [0.2, 0.25) is 0 Å². The van der Waals surface area contributed by atoms with Gasteiger partial charge in [0.25, 0.3) is 11.8 Å². The number of aromatic nitrogens is 1. The Kier molecular flexibility index (Phi) is 11.8. The van der Waals surface area contributed by atoms with E-state index in [0.29, 0.717) is 68.9 Å². The number of benzene rings is 1. The Hall–Kier alpha value is -4.62. The van der Waals surface area contributed by atoms with Crippen molar-refractivity contribution in [1.82, 2.24) is 30.3 Å². The number of unbranched alkanes of at least 4 members (excludes halogenated alkanes) is 1. The third-order valence-corrected chi connectivity index (χ3v) is 7.79. The first-order chi connectivity index (χ1) is 22.3. The Bertz CT molecular complexity index is 1470. The van der Waals surface area contributed by atoms with Crippen molar-refractivity contribution in [2.45, 2.75) is 65.5 Å². The molecule has 4 rings (SSSR count). The van der Waals surface area contributed by atoms with Crippen LogP contribution >= 0.6 is 0 Å². The molecular weight excluding hydrogens is 608 g/mol. The molecule has 14 nitrogen and oxygen atoms in total. The van der Waals surface area contributed by atoms with Gasteiger partial charge in [0.05, 0.1) is 24.7 Å².